The van der Waals surface area contributed by atoms with E-state index >= 15 is 0 Å². The Morgan fingerprint density at radius 2 is 1.50 bits per heavy atom. The van der Waals surface area contributed by atoms with Crippen molar-refractivity contribution in [3.63, 3.8) is 0 Å². The number of hydrogen-bond donors (Lipinski definition) is 4. The minimum Gasteiger partial charge on any atom is -0.494 e. The molecule has 0 spiro atoms. The van der Waals surface area contributed by atoms with Crippen molar-refractivity contribution in [1.29, 1.82) is 5.26 Å². The molecule has 0 unspecified atom stereocenters. The van der Waals surface area contributed by atoms with E-state index in [9.17, 15) is 36.6 Å². The van der Waals surface area contributed by atoms with Crippen LogP contribution in [0.3, 0.4) is 0 Å². The summed E-state index contributed by atoms with van der Waals surface area (Å²) in [6.45, 7) is 3.22. The van der Waals surface area contributed by atoms with Crippen LogP contribution in [0.5, 0.6) is 11.8 Å². The Morgan fingerprint density at radius 1 is 0.969 bits per heavy atom. The summed E-state index contributed by atoms with van der Waals surface area (Å²) < 4.78 is 61.8. The van der Waals surface area contributed by atoms with Gasteiger partial charge in [-0.1, -0.05) is 0 Å². The second-order valence-corrected chi connectivity index (χ2v) is 9.45. The van der Waals surface area contributed by atoms with Crippen molar-refractivity contribution in [2.24, 2.45) is 7.05 Å². The fourth-order valence-corrected chi connectivity index (χ4v) is 3.97. The zero-order valence-electron chi connectivity index (χ0n) is 17.2. The lowest BCUT2D eigenvalue weighted by molar-refractivity contribution is 0.410. The Bertz CT molecular complexity index is 1400. The zero-order valence-corrected chi connectivity index (χ0v) is 18.8. The molecule has 32 heavy (non-hydrogen) atoms. The van der Waals surface area contributed by atoms with Crippen molar-refractivity contribution in [3.05, 3.63) is 55.1 Å². The van der Waals surface area contributed by atoms with Crippen LogP contribution in [0.4, 0.5) is 0 Å². The maximum atomic E-state index is 11.7. The van der Waals surface area contributed by atoms with Crippen molar-refractivity contribution in [1.82, 2.24) is 9.13 Å². The molecule has 176 valence electrons. The Labute approximate surface area is 182 Å². The van der Waals surface area contributed by atoms with Crippen molar-refractivity contribution in [2.75, 3.05) is 0 Å². The average molecular weight is 492 g/mol. The van der Waals surface area contributed by atoms with E-state index in [1.54, 1.807) is 13.0 Å². The predicted molar refractivity (Wildman–Crippen MR) is 111 cm³/mol. The van der Waals surface area contributed by atoms with Crippen molar-refractivity contribution < 1.29 is 36.2 Å². The van der Waals surface area contributed by atoms with E-state index in [1.807, 2.05) is 0 Å². The molecule has 0 amide bonds. The van der Waals surface area contributed by atoms with Crippen LogP contribution in [0, 0.1) is 18.3 Å². The van der Waals surface area contributed by atoms with Crippen molar-refractivity contribution in [3.8, 4) is 17.8 Å². The maximum absolute atomic E-state index is 11.7. The normalized spacial score (nSPS) is 11.4. The summed E-state index contributed by atoms with van der Waals surface area (Å²) in [5.41, 5.74) is -1.76. The molecular formula is C17H21N3O10S2. The average Bonchev–Trinajstić information content (AvgIpc) is 2.62. The van der Waals surface area contributed by atoms with Gasteiger partial charge in [-0.15, -0.1) is 0 Å². The zero-order chi connectivity index (χ0) is 25.0. The number of nitrogens with zero attached hydrogens (tertiary/aromatic N) is 3. The van der Waals surface area contributed by atoms with E-state index in [0.717, 1.165) is 15.2 Å². The molecule has 2 aromatic heterocycles. The van der Waals surface area contributed by atoms with Crippen LogP contribution in [0.1, 0.15) is 29.2 Å². The summed E-state index contributed by atoms with van der Waals surface area (Å²) >= 11 is 0. The summed E-state index contributed by atoms with van der Waals surface area (Å²) in [5, 5.41) is 27.5. The third-order valence-corrected chi connectivity index (χ3v) is 5.51. The minimum absolute atomic E-state index is 0.0437. The number of nitriles is 1. The third kappa shape index (κ3) is 6.92. The summed E-state index contributed by atoms with van der Waals surface area (Å²) in [6, 6.07) is 3.82. The summed E-state index contributed by atoms with van der Waals surface area (Å²) in [4.78, 5) is 23.2. The van der Waals surface area contributed by atoms with Gasteiger partial charge in [-0.3, -0.25) is 27.8 Å². The molecule has 0 aliphatic heterocycles. The molecule has 0 saturated carbocycles. The van der Waals surface area contributed by atoms with Crippen LogP contribution >= 0.6 is 0 Å². The SMILES string of the molecule is CCn1c(O)cc(CS(=O)(=O)O)c(C#N)c1=O.Cc1cc(O)n(C)c(=O)c1CS(=O)(=O)O. The van der Waals surface area contributed by atoms with Crippen LogP contribution in [-0.2, 0) is 45.3 Å². The van der Waals surface area contributed by atoms with Gasteiger partial charge in [0.2, 0.25) is 0 Å². The van der Waals surface area contributed by atoms with E-state index < -0.39 is 54.3 Å². The Hall–Kier alpha value is -3.19. The maximum Gasteiger partial charge on any atom is 0.271 e. The molecule has 0 bridgehead atoms. The molecule has 0 fully saturated rings. The van der Waals surface area contributed by atoms with Gasteiger partial charge in [-0.2, -0.15) is 22.1 Å². The highest BCUT2D eigenvalue weighted by atomic mass is 32.2. The first-order chi connectivity index (χ1) is 14.5. The topological polar surface area (TPSA) is 217 Å². The number of aromatic nitrogens is 2. The molecule has 4 N–H and O–H groups in total. The highest BCUT2D eigenvalue weighted by Gasteiger charge is 2.18. The van der Waals surface area contributed by atoms with E-state index in [1.165, 1.54) is 20.0 Å². The van der Waals surface area contributed by atoms with Gasteiger partial charge in [-0.05, 0) is 25.0 Å². The minimum atomic E-state index is -4.37. The second kappa shape index (κ2) is 9.96. The van der Waals surface area contributed by atoms with Gasteiger partial charge in [0, 0.05) is 31.3 Å². The van der Waals surface area contributed by atoms with Gasteiger partial charge >= 0.3 is 0 Å². The van der Waals surface area contributed by atoms with E-state index in [0.29, 0.717) is 5.56 Å². The Balaban J connectivity index is 0.000000323. The highest BCUT2D eigenvalue weighted by Crippen LogP contribution is 2.15. The van der Waals surface area contributed by atoms with Gasteiger partial charge in [0.1, 0.15) is 23.1 Å². The molecule has 0 aliphatic rings. The fourth-order valence-electron chi connectivity index (χ4n) is 2.63. The van der Waals surface area contributed by atoms with Crippen molar-refractivity contribution >= 4 is 20.2 Å². The first kappa shape index (κ1) is 26.8. The molecule has 0 atom stereocenters. The largest absolute Gasteiger partial charge is 0.494 e. The molecule has 0 aliphatic carbocycles. The molecule has 2 rings (SSSR count). The number of hydrogen-bond acceptors (Lipinski definition) is 9. The first-order valence-electron chi connectivity index (χ1n) is 8.67. The second-order valence-electron chi connectivity index (χ2n) is 6.54. The number of rotatable bonds is 5. The smallest absolute Gasteiger partial charge is 0.271 e. The van der Waals surface area contributed by atoms with E-state index in [-0.39, 0.29) is 23.6 Å². The van der Waals surface area contributed by atoms with Crippen LogP contribution < -0.4 is 11.1 Å². The van der Waals surface area contributed by atoms with Gasteiger partial charge in [0.15, 0.2) is 11.8 Å². The molecular weight excluding hydrogens is 470 g/mol. The summed E-state index contributed by atoms with van der Waals surface area (Å²) in [6.07, 6.45) is 0. The highest BCUT2D eigenvalue weighted by molar-refractivity contribution is 7.85. The monoisotopic (exact) mass is 491 g/mol. The number of aromatic hydroxyl groups is 2. The van der Waals surface area contributed by atoms with Crippen molar-refractivity contribution in [2.45, 2.75) is 31.9 Å². The molecule has 0 aromatic carbocycles. The van der Waals surface area contributed by atoms with Crippen LogP contribution in [0.25, 0.3) is 0 Å². The summed E-state index contributed by atoms with van der Waals surface area (Å²) in [5.74, 6) is -2.33. The quantitative estimate of drug-likeness (QED) is 0.395. The lowest BCUT2D eigenvalue weighted by Gasteiger charge is -2.08. The van der Waals surface area contributed by atoms with Crippen LogP contribution in [0.15, 0.2) is 21.7 Å². The molecule has 2 heterocycles. The van der Waals surface area contributed by atoms with Crippen LogP contribution in [-0.4, -0.2) is 45.3 Å². The van der Waals surface area contributed by atoms with E-state index in [2.05, 4.69) is 0 Å². The third-order valence-electron chi connectivity index (χ3n) is 4.18. The Morgan fingerprint density at radius 3 is 1.94 bits per heavy atom. The lowest BCUT2D eigenvalue weighted by Crippen LogP contribution is -2.24. The predicted octanol–water partition coefficient (Wildman–Crippen LogP) is -0.380. The van der Waals surface area contributed by atoms with Gasteiger partial charge < -0.3 is 10.2 Å². The molecule has 15 heteroatoms. The van der Waals surface area contributed by atoms with E-state index in [4.69, 9.17) is 14.4 Å². The molecule has 2 aromatic rings. The standard InChI is InChI=1S/C9H10N2O5S.C8H11NO5S/c1-2-11-8(12)3-6(5-17(14,15)16)7(4-10)9(11)13;1-5-3-7(10)9(2)8(11)6(5)4-15(12,13)14/h3,12H,2,5H2,1H3,(H,14,15,16);3,10H,4H2,1-2H3,(H,12,13,14). The first-order valence-corrected chi connectivity index (χ1v) is 11.9. The molecule has 13 nitrogen and oxygen atoms in total. The summed E-state index contributed by atoms with van der Waals surface area (Å²) in [7, 11) is -7.31. The molecule has 0 radical (unpaired) electrons. The van der Waals surface area contributed by atoms with Gasteiger partial charge in [0.05, 0.1) is 0 Å². The van der Waals surface area contributed by atoms with Gasteiger partial charge in [-0.25, -0.2) is 0 Å². The van der Waals surface area contributed by atoms with Gasteiger partial charge in [0.25, 0.3) is 31.4 Å². The fraction of sp³-hybridized carbons (Fsp3) is 0.353. The van der Waals surface area contributed by atoms with Crippen LogP contribution in [0.2, 0.25) is 0 Å². The number of pyridine rings is 2. The lowest BCUT2D eigenvalue weighted by atomic mass is 10.1. The number of aryl methyl sites for hydroxylation is 1. The Kier molecular flexibility index (Phi) is 8.35. The molecule has 0 saturated heterocycles.